The first-order valence-corrected chi connectivity index (χ1v) is 8.99. The van der Waals surface area contributed by atoms with E-state index in [1.807, 2.05) is 13.0 Å². The summed E-state index contributed by atoms with van der Waals surface area (Å²) >= 11 is 1.57. The zero-order valence-corrected chi connectivity index (χ0v) is 14.8. The Morgan fingerprint density at radius 1 is 1.27 bits per heavy atom. The fourth-order valence-electron chi connectivity index (χ4n) is 2.47. The second kappa shape index (κ2) is 6.68. The quantitative estimate of drug-likeness (QED) is 0.497. The van der Waals surface area contributed by atoms with Gasteiger partial charge in [0.1, 0.15) is 0 Å². The lowest BCUT2D eigenvalue weighted by Crippen LogP contribution is -1.99. The smallest absolute Gasteiger partial charge is 0.271 e. The molecule has 0 saturated heterocycles. The molecule has 0 unspecified atom stereocenters. The Kier molecular flexibility index (Phi) is 4.21. The monoisotopic (exact) mass is 368 g/mol. The predicted molar refractivity (Wildman–Crippen MR) is 101 cm³/mol. The van der Waals surface area contributed by atoms with Crippen LogP contribution in [-0.4, -0.2) is 25.9 Å². The van der Waals surface area contributed by atoms with Crippen LogP contribution in [0, 0.1) is 17.0 Å². The second-order valence-corrected chi connectivity index (χ2v) is 7.05. The minimum absolute atomic E-state index is 0.0141. The molecular formula is C17H16N6O2S. The van der Waals surface area contributed by atoms with Crippen molar-refractivity contribution in [3.05, 3.63) is 52.3 Å². The number of anilines is 3. The molecule has 8 nitrogen and oxygen atoms in total. The molecule has 0 radical (unpaired) electrons. The Morgan fingerprint density at radius 3 is 2.88 bits per heavy atom. The lowest BCUT2D eigenvalue weighted by Gasteiger charge is -2.06. The molecule has 1 fully saturated rings. The van der Waals surface area contributed by atoms with Gasteiger partial charge in [-0.1, -0.05) is 17.4 Å². The van der Waals surface area contributed by atoms with Gasteiger partial charge in [-0.15, -0.1) is 0 Å². The first-order chi connectivity index (χ1) is 12.6. The summed E-state index contributed by atoms with van der Waals surface area (Å²) in [6.07, 6.45) is 4.05. The third-order valence-electron chi connectivity index (χ3n) is 3.90. The van der Waals surface area contributed by atoms with Crippen LogP contribution in [0.1, 0.15) is 18.5 Å². The van der Waals surface area contributed by atoms with Crippen LogP contribution in [0.5, 0.6) is 0 Å². The van der Waals surface area contributed by atoms with Crippen molar-refractivity contribution < 1.29 is 4.92 Å². The summed E-state index contributed by atoms with van der Waals surface area (Å²) in [5.74, 6) is 0.382. The number of aryl methyl sites for hydroxylation is 1. The van der Waals surface area contributed by atoms with E-state index in [4.69, 9.17) is 0 Å². The van der Waals surface area contributed by atoms with Gasteiger partial charge in [0.2, 0.25) is 5.95 Å². The number of nitrogens with one attached hydrogen (secondary N) is 2. The van der Waals surface area contributed by atoms with Crippen molar-refractivity contribution in [1.82, 2.24) is 15.0 Å². The van der Waals surface area contributed by atoms with Crippen LogP contribution < -0.4 is 10.6 Å². The third-order valence-corrected chi connectivity index (χ3v) is 5.01. The van der Waals surface area contributed by atoms with Crippen LogP contribution >= 0.6 is 11.3 Å². The number of thiazole rings is 1. The van der Waals surface area contributed by atoms with E-state index in [9.17, 15) is 10.1 Å². The minimum Gasteiger partial charge on any atom is -0.359 e. The van der Waals surface area contributed by atoms with E-state index in [0.717, 1.165) is 21.4 Å². The molecule has 132 valence electrons. The number of nitro groups is 1. The van der Waals surface area contributed by atoms with Crippen LogP contribution in [0.4, 0.5) is 22.5 Å². The maximum absolute atomic E-state index is 10.9. The van der Waals surface area contributed by atoms with Crippen molar-refractivity contribution in [2.45, 2.75) is 25.8 Å². The Hall–Kier alpha value is -3.07. The molecule has 0 spiro atoms. The number of rotatable bonds is 6. The number of hydrogen-bond donors (Lipinski definition) is 2. The van der Waals surface area contributed by atoms with E-state index in [0.29, 0.717) is 17.7 Å². The molecule has 2 heterocycles. The third kappa shape index (κ3) is 3.62. The summed E-state index contributed by atoms with van der Waals surface area (Å²) < 4.78 is 0. The molecule has 1 aromatic carbocycles. The van der Waals surface area contributed by atoms with E-state index >= 15 is 0 Å². The Morgan fingerprint density at radius 2 is 2.12 bits per heavy atom. The molecule has 1 saturated carbocycles. The highest BCUT2D eigenvalue weighted by Gasteiger charge is 2.23. The Labute approximate surface area is 153 Å². The Balaban J connectivity index is 1.57. The summed E-state index contributed by atoms with van der Waals surface area (Å²) in [6, 6.07) is 8.62. The number of benzene rings is 1. The van der Waals surface area contributed by atoms with E-state index in [1.54, 1.807) is 29.7 Å². The summed E-state index contributed by atoms with van der Waals surface area (Å²) in [7, 11) is 0. The molecule has 4 rings (SSSR count). The van der Waals surface area contributed by atoms with Crippen LogP contribution in [0.15, 0.2) is 36.5 Å². The predicted octanol–water partition coefficient (Wildman–Crippen LogP) is 4.13. The van der Waals surface area contributed by atoms with Crippen LogP contribution in [0.3, 0.4) is 0 Å². The molecule has 1 aliphatic carbocycles. The van der Waals surface area contributed by atoms with Crippen molar-refractivity contribution in [1.29, 1.82) is 0 Å². The van der Waals surface area contributed by atoms with Gasteiger partial charge in [-0.05, 0) is 31.9 Å². The lowest BCUT2D eigenvalue weighted by molar-refractivity contribution is -0.384. The number of hydrogen-bond acceptors (Lipinski definition) is 8. The average molecular weight is 368 g/mol. The first kappa shape index (κ1) is 16.4. The molecule has 0 amide bonds. The van der Waals surface area contributed by atoms with Crippen LogP contribution in [0.25, 0.3) is 10.6 Å². The van der Waals surface area contributed by atoms with E-state index in [2.05, 4.69) is 25.6 Å². The minimum atomic E-state index is -0.433. The molecule has 3 aromatic rings. The van der Waals surface area contributed by atoms with Gasteiger partial charge in [-0.25, -0.2) is 15.0 Å². The topological polar surface area (TPSA) is 106 Å². The molecule has 2 N–H and O–H groups in total. The van der Waals surface area contributed by atoms with Gasteiger partial charge in [-0.2, -0.15) is 0 Å². The van der Waals surface area contributed by atoms with Gasteiger partial charge in [0.15, 0.2) is 5.13 Å². The second-order valence-electron chi connectivity index (χ2n) is 6.05. The molecule has 0 atom stereocenters. The van der Waals surface area contributed by atoms with Gasteiger partial charge < -0.3 is 10.6 Å². The summed E-state index contributed by atoms with van der Waals surface area (Å²) in [5.41, 5.74) is 2.26. The largest absolute Gasteiger partial charge is 0.359 e. The molecule has 1 aliphatic rings. The number of non-ortho nitro benzene ring substituents is 1. The highest BCUT2D eigenvalue weighted by Crippen LogP contribution is 2.34. The highest BCUT2D eigenvalue weighted by atomic mass is 32.1. The standard InChI is InChI=1S/C17H16N6O2S/c1-10-15(26-17(19-10)21-11-5-6-11)14-7-8-18-16(22-14)20-12-3-2-4-13(9-12)23(24)25/h2-4,7-9,11H,5-6H2,1H3,(H,19,21)(H,18,20,22). The summed E-state index contributed by atoms with van der Waals surface area (Å²) in [5, 5.41) is 18.2. The molecule has 0 bridgehead atoms. The summed E-state index contributed by atoms with van der Waals surface area (Å²) in [4.78, 5) is 24.8. The Bertz CT molecular complexity index is 969. The van der Waals surface area contributed by atoms with Crippen molar-refractivity contribution in [2.75, 3.05) is 10.6 Å². The van der Waals surface area contributed by atoms with Crippen molar-refractivity contribution >= 4 is 33.8 Å². The SMILES string of the molecule is Cc1nc(NC2CC2)sc1-c1ccnc(Nc2cccc([N+](=O)[O-])c2)n1. The number of nitrogens with zero attached hydrogens (tertiary/aromatic N) is 4. The zero-order valence-electron chi connectivity index (χ0n) is 14.0. The first-order valence-electron chi connectivity index (χ1n) is 8.17. The van der Waals surface area contributed by atoms with Gasteiger partial charge in [0.05, 0.1) is 21.2 Å². The fraction of sp³-hybridized carbons (Fsp3) is 0.235. The van der Waals surface area contributed by atoms with E-state index in [1.165, 1.54) is 25.0 Å². The van der Waals surface area contributed by atoms with Gasteiger partial charge >= 0.3 is 0 Å². The van der Waals surface area contributed by atoms with E-state index in [-0.39, 0.29) is 5.69 Å². The maximum Gasteiger partial charge on any atom is 0.271 e. The highest BCUT2D eigenvalue weighted by molar-refractivity contribution is 7.19. The lowest BCUT2D eigenvalue weighted by atomic mass is 10.3. The molecule has 26 heavy (non-hydrogen) atoms. The van der Waals surface area contributed by atoms with Crippen LogP contribution in [-0.2, 0) is 0 Å². The molecule has 0 aliphatic heterocycles. The number of nitro benzene ring substituents is 1. The molecule has 9 heteroatoms. The maximum atomic E-state index is 10.9. The van der Waals surface area contributed by atoms with Crippen molar-refractivity contribution in [2.24, 2.45) is 0 Å². The van der Waals surface area contributed by atoms with Gasteiger partial charge in [0, 0.05) is 30.1 Å². The van der Waals surface area contributed by atoms with Crippen molar-refractivity contribution in [3.8, 4) is 10.6 Å². The van der Waals surface area contributed by atoms with Gasteiger partial charge in [-0.3, -0.25) is 10.1 Å². The normalized spacial score (nSPS) is 13.4. The zero-order chi connectivity index (χ0) is 18.1. The fourth-order valence-corrected chi connectivity index (χ4v) is 3.48. The average Bonchev–Trinajstić information content (AvgIpc) is 3.36. The van der Waals surface area contributed by atoms with Gasteiger partial charge in [0.25, 0.3) is 5.69 Å². The van der Waals surface area contributed by atoms with E-state index < -0.39 is 4.92 Å². The summed E-state index contributed by atoms with van der Waals surface area (Å²) in [6.45, 7) is 1.96. The molecule has 2 aromatic heterocycles. The van der Waals surface area contributed by atoms with Crippen molar-refractivity contribution in [3.63, 3.8) is 0 Å². The molecular weight excluding hydrogens is 352 g/mol. The number of aromatic nitrogens is 3. The van der Waals surface area contributed by atoms with Crippen LogP contribution in [0.2, 0.25) is 0 Å².